The summed E-state index contributed by atoms with van der Waals surface area (Å²) in [4.78, 5) is 13.0. The molecule has 0 radical (unpaired) electrons. The van der Waals surface area contributed by atoms with E-state index in [0.29, 0.717) is 12.5 Å². The monoisotopic (exact) mass is 229 g/mol. The highest BCUT2D eigenvalue weighted by Crippen LogP contribution is 2.34. The van der Waals surface area contributed by atoms with Gasteiger partial charge in [0, 0.05) is 12.1 Å². The molecule has 1 saturated heterocycles. The third-order valence-electron chi connectivity index (χ3n) is 3.65. The summed E-state index contributed by atoms with van der Waals surface area (Å²) in [6.45, 7) is 4.91. The van der Waals surface area contributed by atoms with Gasteiger partial charge in [-0.3, -0.25) is 4.79 Å². The van der Waals surface area contributed by atoms with E-state index in [1.807, 2.05) is 14.1 Å². The fraction of sp³-hybridized carbons (Fsp3) is 0.917. The predicted molar refractivity (Wildman–Crippen MR) is 62.5 cm³/mol. The lowest BCUT2D eigenvalue weighted by molar-refractivity contribution is -0.144. The van der Waals surface area contributed by atoms with E-state index < -0.39 is 5.97 Å². The number of hydrogen-bond acceptors (Lipinski definition) is 3. The Bertz CT molecular complexity index is 253. The van der Waals surface area contributed by atoms with Crippen LogP contribution in [-0.4, -0.2) is 48.3 Å². The quantitative estimate of drug-likeness (QED) is 0.795. The maximum Gasteiger partial charge on any atom is 0.305 e. The lowest BCUT2D eigenvalue weighted by atomic mass is 9.80. The van der Waals surface area contributed by atoms with Gasteiger partial charge in [0.25, 0.3) is 0 Å². The highest BCUT2D eigenvalue weighted by molar-refractivity contribution is 5.68. The van der Waals surface area contributed by atoms with E-state index in [0.717, 1.165) is 12.8 Å². The standard InChI is InChI=1S/C12H23NO3/c1-9(2)10-7-12(13(3)4,5-6-16-10)8-11(14)15/h9-10H,5-8H2,1-4H3,(H,14,15). The molecule has 1 heterocycles. The van der Waals surface area contributed by atoms with Crippen LogP contribution in [0.15, 0.2) is 0 Å². The minimum Gasteiger partial charge on any atom is -0.481 e. The third-order valence-corrected chi connectivity index (χ3v) is 3.65. The molecule has 0 aromatic carbocycles. The largest absolute Gasteiger partial charge is 0.481 e. The summed E-state index contributed by atoms with van der Waals surface area (Å²) in [6.07, 6.45) is 1.99. The van der Waals surface area contributed by atoms with Gasteiger partial charge in [0.15, 0.2) is 0 Å². The van der Waals surface area contributed by atoms with Gasteiger partial charge in [0.05, 0.1) is 12.5 Å². The van der Waals surface area contributed by atoms with Gasteiger partial charge in [-0.15, -0.1) is 0 Å². The van der Waals surface area contributed by atoms with Crippen molar-refractivity contribution in [2.24, 2.45) is 5.92 Å². The maximum atomic E-state index is 11.0. The first kappa shape index (κ1) is 13.5. The van der Waals surface area contributed by atoms with Gasteiger partial charge in [-0.05, 0) is 32.9 Å². The molecular weight excluding hydrogens is 206 g/mol. The van der Waals surface area contributed by atoms with Crippen LogP contribution in [0.4, 0.5) is 0 Å². The van der Waals surface area contributed by atoms with Crippen molar-refractivity contribution < 1.29 is 14.6 Å². The Hall–Kier alpha value is -0.610. The fourth-order valence-electron chi connectivity index (χ4n) is 2.37. The number of carboxylic acids is 1. The van der Waals surface area contributed by atoms with E-state index >= 15 is 0 Å². The number of rotatable bonds is 4. The van der Waals surface area contributed by atoms with Gasteiger partial charge in [-0.2, -0.15) is 0 Å². The molecule has 0 aromatic rings. The number of ether oxygens (including phenoxy) is 1. The van der Waals surface area contributed by atoms with Crippen LogP contribution >= 0.6 is 0 Å². The summed E-state index contributed by atoms with van der Waals surface area (Å²) in [5, 5.41) is 9.04. The third kappa shape index (κ3) is 2.95. The van der Waals surface area contributed by atoms with E-state index in [2.05, 4.69) is 18.7 Å². The summed E-state index contributed by atoms with van der Waals surface area (Å²) in [7, 11) is 3.93. The van der Waals surface area contributed by atoms with Crippen LogP contribution in [0.5, 0.6) is 0 Å². The molecule has 0 aliphatic carbocycles. The van der Waals surface area contributed by atoms with Crippen LogP contribution in [0.1, 0.15) is 33.1 Å². The second-order valence-corrected chi connectivity index (χ2v) is 5.30. The first-order valence-corrected chi connectivity index (χ1v) is 5.88. The van der Waals surface area contributed by atoms with E-state index in [9.17, 15) is 4.79 Å². The summed E-state index contributed by atoms with van der Waals surface area (Å²) in [5.74, 6) is -0.286. The Morgan fingerprint density at radius 1 is 1.56 bits per heavy atom. The number of carboxylic acid groups (broad SMARTS) is 1. The molecule has 0 aromatic heterocycles. The first-order chi connectivity index (χ1) is 7.37. The van der Waals surface area contributed by atoms with Crippen LogP contribution in [-0.2, 0) is 9.53 Å². The number of nitrogens with zero attached hydrogens (tertiary/aromatic N) is 1. The lowest BCUT2D eigenvalue weighted by Crippen LogP contribution is -2.53. The van der Waals surface area contributed by atoms with Gasteiger partial charge in [-0.1, -0.05) is 13.8 Å². The van der Waals surface area contributed by atoms with Crippen molar-refractivity contribution in [1.29, 1.82) is 0 Å². The molecular formula is C12H23NO3. The van der Waals surface area contributed by atoms with Gasteiger partial charge >= 0.3 is 5.97 Å². The molecule has 2 unspecified atom stereocenters. The van der Waals surface area contributed by atoms with Crippen molar-refractivity contribution >= 4 is 5.97 Å². The van der Waals surface area contributed by atoms with Crippen LogP contribution < -0.4 is 0 Å². The SMILES string of the molecule is CC(C)C1CC(CC(=O)O)(N(C)C)CCO1. The predicted octanol–water partition coefficient (Wildman–Crippen LogP) is 1.60. The van der Waals surface area contributed by atoms with E-state index in [-0.39, 0.29) is 18.1 Å². The minimum absolute atomic E-state index is 0.176. The van der Waals surface area contributed by atoms with E-state index in [1.54, 1.807) is 0 Å². The van der Waals surface area contributed by atoms with Crippen molar-refractivity contribution in [2.75, 3.05) is 20.7 Å². The Morgan fingerprint density at radius 2 is 2.19 bits per heavy atom. The molecule has 0 spiro atoms. The molecule has 1 aliphatic heterocycles. The molecule has 4 nitrogen and oxygen atoms in total. The summed E-state index contributed by atoms with van der Waals surface area (Å²) >= 11 is 0. The van der Waals surface area contributed by atoms with E-state index in [4.69, 9.17) is 9.84 Å². The molecule has 4 heteroatoms. The number of aliphatic carboxylic acids is 1. The molecule has 1 rings (SSSR count). The average Bonchev–Trinajstić information content (AvgIpc) is 2.16. The van der Waals surface area contributed by atoms with Crippen molar-refractivity contribution in [3.8, 4) is 0 Å². The van der Waals surface area contributed by atoms with Crippen LogP contribution in [0.3, 0.4) is 0 Å². The Labute approximate surface area is 97.6 Å². The molecule has 0 amide bonds. The molecule has 1 N–H and O–H groups in total. The molecule has 94 valence electrons. The zero-order chi connectivity index (χ0) is 12.3. The lowest BCUT2D eigenvalue weighted by Gasteiger charge is -2.45. The van der Waals surface area contributed by atoms with Crippen molar-refractivity contribution in [2.45, 2.75) is 44.8 Å². The molecule has 1 aliphatic rings. The summed E-state index contributed by atoms with van der Waals surface area (Å²) < 4.78 is 5.71. The molecule has 16 heavy (non-hydrogen) atoms. The second kappa shape index (κ2) is 5.15. The summed E-state index contributed by atoms with van der Waals surface area (Å²) in [6, 6.07) is 0. The van der Waals surface area contributed by atoms with Crippen LogP contribution in [0, 0.1) is 5.92 Å². The topological polar surface area (TPSA) is 49.8 Å². The van der Waals surface area contributed by atoms with Gasteiger partial charge in [-0.25, -0.2) is 0 Å². The molecule has 1 fully saturated rings. The Morgan fingerprint density at radius 3 is 2.62 bits per heavy atom. The molecule has 0 bridgehead atoms. The molecule has 2 atom stereocenters. The Balaban J connectivity index is 2.80. The summed E-state index contributed by atoms with van der Waals surface area (Å²) in [5.41, 5.74) is -0.237. The van der Waals surface area contributed by atoms with Crippen LogP contribution in [0.2, 0.25) is 0 Å². The van der Waals surface area contributed by atoms with Gasteiger partial charge < -0.3 is 14.7 Å². The second-order valence-electron chi connectivity index (χ2n) is 5.30. The van der Waals surface area contributed by atoms with E-state index in [1.165, 1.54) is 0 Å². The smallest absolute Gasteiger partial charge is 0.305 e. The highest BCUT2D eigenvalue weighted by Gasteiger charge is 2.41. The zero-order valence-electron chi connectivity index (χ0n) is 10.7. The molecule has 0 saturated carbocycles. The van der Waals surface area contributed by atoms with Crippen LogP contribution in [0.25, 0.3) is 0 Å². The van der Waals surface area contributed by atoms with Crippen molar-refractivity contribution in [3.63, 3.8) is 0 Å². The number of hydrogen-bond donors (Lipinski definition) is 1. The Kier molecular flexibility index (Phi) is 4.33. The van der Waals surface area contributed by atoms with Crippen molar-refractivity contribution in [3.05, 3.63) is 0 Å². The fourth-order valence-corrected chi connectivity index (χ4v) is 2.37. The highest BCUT2D eigenvalue weighted by atomic mass is 16.5. The zero-order valence-corrected chi connectivity index (χ0v) is 10.7. The van der Waals surface area contributed by atoms with Crippen molar-refractivity contribution in [1.82, 2.24) is 4.90 Å². The average molecular weight is 229 g/mol. The first-order valence-electron chi connectivity index (χ1n) is 5.88. The minimum atomic E-state index is -0.724. The number of carbonyl (C=O) groups is 1. The maximum absolute atomic E-state index is 11.0. The van der Waals surface area contributed by atoms with Gasteiger partial charge in [0.1, 0.15) is 0 Å². The van der Waals surface area contributed by atoms with Gasteiger partial charge in [0.2, 0.25) is 0 Å². The normalized spacial score (nSPS) is 31.0.